The fraction of sp³-hybridized carbons (Fsp3) is 0.364. The van der Waals surface area contributed by atoms with Gasteiger partial charge < -0.3 is 10.6 Å². The van der Waals surface area contributed by atoms with Gasteiger partial charge in [0.25, 0.3) is 0 Å². The summed E-state index contributed by atoms with van der Waals surface area (Å²) < 4.78 is 37.4. The van der Waals surface area contributed by atoms with Crippen molar-refractivity contribution in [3.8, 4) is 0 Å². The van der Waals surface area contributed by atoms with E-state index >= 15 is 0 Å². The average Bonchev–Trinajstić information content (AvgIpc) is 2.18. The summed E-state index contributed by atoms with van der Waals surface area (Å²) in [6.45, 7) is 3.46. The van der Waals surface area contributed by atoms with Crippen LogP contribution in [0.25, 0.3) is 0 Å². The van der Waals surface area contributed by atoms with Gasteiger partial charge in [-0.25, -0.2) is 4.79 Å². The third kappa shape index (κ3) is 4.10. The molecule has 7 heteroatoms. The first-order chi connectivity index (χ1) is 8.20. The number of anilines is 1. The van der Waals surface area contributed by atoms with Crippen molar-refractivity contribution in [1.82, 2.24) is 5.32 Å². The van der Waals surface area contributed by atoms with Gasteiger partial charge in [0.05, 0.1) is 16.3 Å². The molecule has 1 rings (SSSR count). The SMILES string of the molecule is CC(C)NC(=O)Nc1cc(C(F)(F)F)ccc1Cl. The topological polar surface area (TPSA) is 41.1 Å². The number of urea groups is 1. The Hall–Kier alpha value is -1.43. The molecule has 0 aliphatic carbocycles. The molecular formula is C11H12ClF3N2O. The molecule has 0 bridgehead atoms. The van der Waals surface area contributed by atoms with E-state index in [-0.39, 0.29) is 16.8 Å². The highest BCUT2D eigenvalue weighted by molar-refractivity contribution is 6.33. The Morgan fingerprint density at radius 3 is 2.44 bits per heavy atom. The highest BCUT2D eigenvalue weighted by Gasteiger charge is 2.31. The number of benzene rings is 1. The monoisotopic (exact) mass is 280 g/mol. The number of rotatable bonds is 2. The van der Waals surface area contributed by atoms with Crippen LogP contribution in [0.2, 0.25) is 5.02 Å². The first-order valence-corrected chi connectivity index (χ1v) is 5.52. The van der Waals surface area contributed by atoms with E-state index < -0.39 is 17.8 Å². The van der Waals surface area contributed by atoms with Crippen LogP contribution < -0.4 is 10.6 Å². The molecule has 0 unspecified atom stereocenters. The number of carbonyl (C=O) groups is 1. The van der Waals surface area contributed by atoms with Crippen molar-refractivity contribution in [3.05, 3.63) is 28.8 Å². The molecule has 0 aliphatic heterocycles. The summed E-state index contributed by atoms with van der Waals surface area (Å²) in [6.07, 6.45) is -4.48. The minimum atomic E-state index is -4.48. The summed E-state index contributed by atoms with van der Waals surface area (Å²) >= 11 is 5.72. The molecule has 0 atom stereocenters. The molecule has 1 aromatic rings. The highest BCUT2D eigenvalue weighted by atomic mass is 35.5. The van der Waals surface area contributed by atoms with Crippen molar-refractivity contribution < 1.29 is 18.0 Å². The maximum Gasteiger partial charge on any atom is 0.416 e. The van der Waals surface area contributed by atoms with Crippen LogP contribution in [0.1, 0.15) is 19.4 Å². The molecule has 0 spiro atoms. The fourth-order valence-electron chi connectivity index (χ4n) is 1.22. The maximum atomic E-state index is 12.5. The largest absolute Gasteiger partial charge is 0.416 e. The second-order valence-electron chi connectivity index (χ2n) is 3.95. The van der Waals surface area contributed by atoms with Crippen LogP contribution in [-0.4, -0.2) is 12.1 Å². The third-order valence-corrected chi connectivity index (χ3v) is 2.29. The quantitative estimate of drug-likeness (QED) is 0.848. The van der Waals surface area contributed by atoms with Gasteiger partial charge in [-0.15, -0.1) is 0 Å². The summed E-state index contributed by atoms with van der Waals surface area (Å²) in [5.74, 6) is 0. The van der Waals surface area contributed by atoms with Gasteiger partial charge in [0.2, 0.25) is 0 Å². The van der Waals surface area contributed by atoms with Crippen LogP contribution in [0, 0.1) is 0 Å². The number of hydrogen-bond donors (Lipinski definition) is 2. The number of hydrogen-bond acceptors (Lipinski definition) is 1. The summed E-state index contributed by atoms with van der Waals surface area (Å²) in [7, 11) is 0. The molecule has 18 heavy (non-hydrogen) atoms. The van der Waals surface area contributed by atoms with Crippen molar-refractivity contribution in [3.63, 3.8) is 0 Å². The van der Waals surface area contributed by atoms with Crippen LogP contribution >= 0.6 is 11.6 Å². The zero-order valence-electron chi connectivity index (χ0n) is 9.73. The molecule has 0 heterocycles. The van der Waals surface area contributed by atoms with E-state index in [9.17, 15) is 18.0 Å². The number of halogens is 4. The zero-order chi connectivity index (χ0) is 13.9. The zero-order valence-corrected chi connectivity index (χ0v) is 10.5. The van der Waals surface area contributed by atoms with Crippen LogP contribution in [0.4, 0.5) is 23.7 Å². The Bertz CT molecular complexity index is 446. The molecule has 2 N–H and O–H groups in total. The van der Waals surface area contributed by atoms with Crippen molar-refractivity contribution >= 4 is 23.3 Å². The number of nitrogens with one attached hydrogen (secondary N) is 2. The molecule has 2 amide bonds. The van der Waals surface area contributed by atoms with Gasteiger partial charge in [0.1, 0.15) is 0 Å². The second-order valence-corrected chi connectivity index (χ2v) is 4.35. The van der Waals surface area contributed by atoms with E-state index in [0.717, 1.165) is 18.2 Å². The molecule has 100 valence electrons. The fourth-order valence-corrected chi connectivity index (χ4v) is 1.38. The minimum absolute atomic E-state index is 0.0434. The molecule has 1 aromatic carbocycles. The summed E-state index contributed by atoms with van der Waals surface area (Å²) in [4.78, 5) is 11.4. The lowest BCUT2D eigenvalue weighted by molar-refractivity contribution is -0.137. The van der Waals surface area contributed by atoms with Crippen LogP contribution in [0.3, 0.4) is 0 Å². The van der Waals surface area contributed by atoms with E-state index in [1.807, 2.05) is 0 Å². The Balaban J connectivity index is 2.92. The molecule has 0 aromatic heterocycles. The Morgan fingerprint density at radius 2 is 1.94 bits per heavy atom. The average molecular weight is 281 g/mol. The standard InChI is InChI=1S/C11H12ClF3N2O/c1-6(2)16-10(18)17-9-5-7(11(13,14)15)3-4-8(9)12/h3-6H,1-2H3,(H2,16,17,18). The number of amides is 2. The smallest absolute Gasteiger partial charge is 0.336 e. The summed E-state index contributed by atoms with van der Waals surface area (Å²) in [6, 6.07) is 2.01. The molecule has 3 nitrogen and oxygen atoms in total. The third-order valence-electron chi connectivity index (χ3n) is 1.96. The van der Waals surface area contributed by atoms with E-state index in [1.54, 1.807) is 13.8 Å². The second kappa shape index (κ2) is 5.48. The van der Waals surface area contributed by atoms with E-state index in [0.29, 0.717) is 0 Å². The Kier molecular flexibility index (Phi) is 4.45. The van der Waals surface area contributed by atoms with Crippen LogP contribution in [-0.2, 0) is 6.18 Å². The minimum Gasteiger partial charge on any atom is -0.336 e. The molecule has 0 saturated heterocycles. The van der Waals surface area contributed by atoms with Crippen molar-refractivity contribution in [2.24, 2.45) is 0 Å². The van der Waals surface area contributed by atoms with Gasteiger partial charge in [-0.05, 0) is 32.0 Å². The Morgan fingerprint density at radius 1 is 1.33 bits per heavy atom. The van der Waals surface area contributed by atoms with Gasteiger partial charge in [0.15, 0.2) is 0 Å². The first-order valence-electron chi connectivity index (χ1n) is 5.14. The molecule has 0 aliphatic rings. The first kappa shape index (κ1) is 14.6. The lowest BCUT2D eigenvalue weighted by Crippen LogP contribution is -2.34. The molecule has 0 fully saturated rings. The number of carbonyl (C=O) groups excluding carboxylic acids is 1. The lowest BCUT2D eigenvalue weighted by Gasteiger charge is -2.13. The molecule has 0 saturated carbocycles. The molecule has 0 radical (unpaired) electrons. The van der Waals surface area contributed by atoms with Crippen molar-refractivity contribution in [2.75, 3.05) is 5.32 Å². The lowest BCUT2D eigenvalue weighted by atomic mass is 10.2. The van der Waals surface area contributed by atoms with Crippen LogP contribution in [0.15, 0.2) is 18.2 Å². The van der Waals surface area contributed by atoms with E-state index in [2.05, 4.69) is 10.6 Å². The van der Waals surface area contributed by atoms with Gasteiger partial charge in [-0.1, -0.05) is 11.6 Å². The predicted octanol–water partition coefficient (Wildman–Crippen LogP) is 3.89. The van der Waals surface area contributed by atoms with E-state index in [1.165, 1.54) is 0 Å². The van der Waals surface area contributed by atoms with Gasteiger partial charge >= 0.3 is 12.2 Å². The van der Waals surface area contributed by atoms with Gasteiger partial charge in [0, 0.05) is 6.04 Å². The maximum absolute atomic E-state index is 12.5. The Labute approximate surface area is 107 Å². The summed E-state index contributed by atoms with van der Waals surface area (Å²) in [5, 5.41) is 4.80. The van der Waals surface area contributed by atoms with Crippen molar-refractivity contribution in [2.45, 2.75) is 26.1 Å². The van der Waals surface area contributed by atoms with Crippen LogP contribution in [0.5, 0.6) is 0 Å². The summed E-state index contributed by atoms with van der Waals surface area (Å²) in [5.41, 5.74) is -0.948. The highest BCUT2D eigenvalue weighted by Crippen LogP contribution is 2.33. The predicted molar refractivity (Wildman–Crippen MR) is 63.7 cm³/mol. The normalized spacial score (nSPS) is 11.5. The van der Waals surface area contributed by atoms with E-state index in [4.69, 9.17) is 11.6 Å². The number of alkyl halides is 3. The molecular weight excluding hydrogens is 269 g/mol. The van der Waals surface area contributed by atoms with Gasteiger partial charge in [-0.3, -0.25) is 0 Å². The van der Waals surface area contributed by atoms with Crippen molar-refractivity contribution in [1.29, 1.82) is 0 Å². The van der Waals surface area contributed by atoms with Gasteiger partial charge in [-0.2, -0.15) is 13.2 Å².